The third-order valence-electron chi connectivity index (χ3n) is 6.45. The Labute approximate surface area is 143 Å². The van der Waals surface area contributed by atoms with Gasteiger partial charge in [-0.05, 0) is 69.3 Å². The van der Waals surface area contributed by atoms with Crippen LogP contribution >= 0.6 is 0 Å². The van der Waals surface area contributed by atoms with Crippen molar-refractivity contribution in [2.45, 2.75) is 62.9 Å². The SMILES string of the molecule is Cc1cc(F)ccc1[C@H]1C[C@@]2(CCN1)CC[C@]1(C)COC(O)CN12. The summed E-state index contributed by atoms with van der Waals surface area (Å²) in [6.07, 6.45) is 3.65. The smallest absolute Gasteiger partial charge is 0.167 e. The highest BCUT2D eigenvalue weighted by Gasteiger charge is 2.56. The van der Waals surface area contributed by atoms with Gasteiger partial charge in [-0.3, -0.25) is 4.90 Å². The molecule has 4 atom stereocenters. The van der Waals surface area contributed by atoms with Gasteiger partial charge in [-0.15, -0.1) is 0 Å². The second-order valence-electron chi connectivity index (χ2n) is 8.06. The van der Waals surface area contributed by atoms with E-state index < -0.39 is 6.29 Å². The Kier molecular flexibility index (Phi) is 3.95. The third kappa shape index (κ3) is 2.58. The lowest BCUT2D eigenvalue weighted by molar-refractivity contribution is -0.200. The van der Waals surface area contributed by atoms with Gasteiger partial charge in [0.25, 0.3) is 0 Å². The molecule has 3 heterocycles. The Morgan fingerprint density at radius 2 is 2.17 bits per heavy atom. The summed E-state index contributed by atoms with van der Waals surface area (Å²) in [5.41, 5.74) is 2.33. The molecule has 1 unspecified atom stereocenters. The van der Waals surface area contributed by atoms with Gasteiger partial charge in [-0.2, -0.15) is 0 Å². The summed E-state index contributed by atoms with van der Waals surface area (Å²) in [5, 5.41) is 13.6. The predicted octanol–water partition coefficient (Wildman–Crippen LogP) is 2.50. The van der Waals surface area contributed by atoms with Gasteiger partial charge in [0.1, 0.15) is 5.82 Å². The number of benzene rings is 1. The van der Waals surface area contributed by atoms with Crippen molar-refractivity contribution in [2.24, 2.45) is 0 Å². The second-order valence-corrected chi connectivity index (χ2v) is 8.06. The number of ether oxygens (including phenoxy) is 1. The molecule has 132 valence electrons. The first-order chi connectivity index (χ1) is 11.4. The normalized spacial score (nSPS) is 40.0. The van der Waals surface area contributed by atoms with Crippen LogP contribution in [0.15, 0.2) is 18.2 Å². The summed E-state index contributed by atoms with van der Waals surface area (Å²) in [4.78, 5) is 2.51. The lowest BCUT2D eigenvalue weighted by Crippen LogP contribution is -2.63. The zero-order valence-corrected chi connectivity index (χ0v) is 14.5. The quantitative estimate of drug-likeness (QED) is 0.828. The van der Waals surface area contributed by atoms with Crippen LogP contribution in [0.2, 0.25) is 0 Å². The van der Waals surface area contributed by atoms with Gasteiger partial charge in [0.05, 0.1) is 13.2 Å². The standard InChI is InChI=1S/C19H27FN2O2/c1-13-9-14(20)3-4-15(13)16-10-19(7-8-21-16)6-5-18(2)12-24-17(23)11-22(18)19/h3-4,9,16-17,21,23H,5-8,10-12H2,1-2H3/t16-,17?,18-,19+/m1/s1. The van der Waals surface area contributed by atoms with Gasteiger partial charge in [-0.25, -0.2) is 4.39 Å². The van der Waals surface area contributed by atoms with Crippen LogP contribution in [0.5, 0.6) is 0 Å². The average Bonchev–Trinajstić information content (AvgIpc) is 2.81. The maximum absolute atomic E-state index is 13.5. The first-order valence-electron chi connectivity index (χ1n) is 8.99. The molecular weight excluding hydrogens is 307 g/mol. The van der Waals surface area contributed by atoms with E-state index in [0.717, 1.165) is 37.8 Å². The molecule has 0 amide bonds. The Hall–Kier alpha value is -1.01. The summed E-state index contributed by atoms with van der Waals surface area (Å²) in [7, 11) is 0. The van der Waals surface area contributed by atoms with E-state index >= 15 is 0 Å². The molecule has 0 saturated carbocycles. The zero-order valence-electron chi connectivity index (χ0n) is 14.5. The molecule has 0 aliphatic carbocycles. The average molecular weight is 334 g/mol. The summed E-state index contributed by atoms with van der Waals surface area (Å²) in [6.45, 7) is 6.38. The Bertz CT molecular complexity index is 640. The van der Waals surface area contributed by atoms with Crippen LogP contribution in [-0.2, 0) is 4.74 Å². The molecule has 2 N–H and O–H groups in total. The van der Waals surface area contributed by atoms with Crippen LogP contribution in [0.3, 0.4) is 0 Å². The van der Waals surface area contributed by atoms with Crippen molar-refractivity contribution < 1.29 is 14.2 Å². The van der Waals surface area contributed by atoms with Gasteiger partial charge in [0, 0.05) is 17.1 Å². The third-order valence-corrected chi connectivity index (χ3v) is 6.45. The van der Waals surface area contributed by atoms with E-state index in [2.05, 4.69) is 17.1 Å². The van der Waals surface area contributed by atoms with Gasteiger partial charge < -0.3 is 15.2 Å². The van der Waals surface area contributed by atoms with Gasteiger partial charge >= 0.3 is 0 Å². The Balaban J connectivity index is 1.62. The fraction of sp³-hybridized carbons (Fsp3) is 0.684. The molecule has 0 aromatic heterocycles. The lowest BCUT2D eigenvalue weighted by Gasteiger charge is -2.52. The monoisotopic (exact) mass is 334 g/mol. The molecular formula is C19H27FN2O2. The molecule has 3 fully saturated rings. The number of hydrogen-bond acceptors (Lipinski definition) is 4. The molecule has 5 heteroatoms. The number of β-amino-alcohol motifs (C(OH)–C–C–N with tert-alkyl or cyclic N) is 1. The maximum atomic E-state index is 13.5. The molecule has 1 spiro atoms. The molecule has 0 radical (unpaired) electrons. The van der Waals surface area contributed by atoms with Crippen molar-refractivity contribution in [3.05, 3.63) is 35.1 Å². The molecule has 0 bridgehead atoms. The highest BCUT2D eigenvalue weighted by molar-refractivity contribution is 5.31. The summed E-state index contributed by atoms with van der Waals surface area (Å²) < 4.78 is 19.0. The van der Waals surface area contributed by atoms with Crippen molar-refractivity contribution >= 4 is 0 Å². The highest BCUT2D eigenvalue weighted by atomic mass is 19.1. The molecule has 3 aliphatic rings. The van der Waals surface area contributed by atoms with E-state index in [1.165, 1.54) is 5.56 Å². The van der Waals surface area contributed by atoms with Crippen LogP contribution in [0.1, 0.15) is 49.8 Å². The van der Waals surface area contributed by atoms with Crippen molar-refractivity contribution in [3.63, 3.8) is 0 Å². The van der Waals surface area contributed by atoms with Gasteiger partial charge in [0.2, 0.25) is 0 Å². The Morgan fingerprint density at radius 3 is 2.96 bits per heavy atom. The Morgan fingerprint density at radius 1 is 1.33 bits per heavy atom. The first-order valence-corrected chi connectivity index (χ1v) is 8.99. The van der Waals surface area contributed by atoms with E-state index in [1.54, 1.807) is 12.1 Å². The number of aryl methyl sites for hydroxylation is 1. The number of aliphatic hydroxyl groups is 1. The number of morpholine rings is 1. The van der Waals surface area contributed by atoms with E-state index in [0.29, 0.717) is 13.2 Å². The van der Waals surface area contributed by atoms with Crippen LogP contribution < -0.4 is 5.32 Å². The number of rotatable bonds is 1. The molecule has 4 nitrogen and oxygen atoms in total. The fourth-order valence-electron chi connectivity index (χ4n) is 5.15. The minimum absolute atomic E-state index is 0.0267. The molecule has 1 aromatic carbocycles. The summed E-state index contributed by atoms with van der Waals surface area (Å²) >= 11 is 0. The first kappa shape index (κ1) is 16.5. The summed E-state index contributed by atoms with van der Waals surface area (Å²) in [6, 6.07) is 5.34. The second kappa shape index (κ2) is 5.77. The van der Waals surface area contributed by atoms with E-state index in [-0.39, 0.29) is 22.9 Å². The number of nitrogens with zero attached hydrogens (tertiary/aromatic N) is 1. The van der Waals surface area contributed by atoms with Crippen LogP contribution in [0, 0.1) is 12.7 Å². The fourth-order valence-corrected chi connectivity index (χ4v) is 5.15. The predicted molar refractivity (Wildman–Crippen MR) is 90.1 cm³/mol. The molecule has 3 saturated heterocycles. The number of nitrogens with one attached hydrogen (secondary N) is 1. The maximum Gasteiger partial charge on any atom is 0.167 e. The van der Waals surface area contributed by atoms with E-state index in [4.69, 9.17) is 4.74 Å². The number of piperidine rings is 1. The minimum atomic E-state index is -0.686. The largest absolute Gasteiger partial charge is 0.367 e. The summed E-state index contributed by atoms with van der Waals surface area (Å²) in [5.74, 6) is -0.175. The van der Waals surface area contributed by atoms with Crippen molar-refractivity contribution in [1.82, 2.24) is 10.2 Å². The number of fused-ring (bicyclic) bond motifs is 2. The van der Waals surface area contributed by atoms with Crippen LogP contribution in [0.25, 0.3) is 0 Å². The molecule has 3 aliphatic heterocycles. The van der Waals surface area contributed by atoms with Gasteiger partial charge in [-0.1, -0.05) is 6.07 Å². The van der Waals surface area contributed by atoms with Crippen LogP contribution in [0.4, 0.5) is 4.39 Å². The van der Waals surface area contributed by atoms with Crippen LogP contribution in [-0.4, -0.2) is 47.1 Å². The molecule has 4 rings (SSSR count). The van der Waals surface area contributed by atoms with Crippen molar-refractivity contribution in [3.8, 4) is 0 Å². The number of halogens is 1. The van der Waals surface area contributed by atoms with Crippen molar-refractivity contribution in [1.29, 1.82) is 0 Å². The van der Waals surface area contributed by atoms with E-state index in [9.17, 15) is 9.50 Å². The number of hydrogen-bond donors (Lipinski definition) is 2. The topological polar surface area (TPSA) is 44.7 Å². The van der Waals surface area contributed by atoms with Crippen molar-refractivity contribution in [2.75, 3.05) is 19.7 Å². The minimum Gasteiger partial charge on any atom is -0.367 e. The van der Waals surface area contributed by atoms with E-state index in [1.807, 2.05) is 13.0 Å². The molecule has 1 aromatic rings. The van der Waals surface area contributed by atoms with Gasteiger partial charge in [0.15, 0.2) is 6.29 Å². The number of aliphatic hydroxyl groups excluding tert-OH is 1. The lowest BCUT2D eigenvalue weighted by atomic mass is 9.79. The molecule has 24 heavy (non-hydrogen) atoms. The highest BCUT2D eigenvalue weighted by Crippen LogP contribution is 2.50. The zero-order chi connectivity index (χ0) is 16.9.